The van der Waals surface area contributed by atoms with Crippen molar-refractivity contribution in [1.82, 2.24) is 16.2 Å². The molecule has 6 nitrogen and oxygen atoms in total. The Kier molecular flexibility index (Phi) is 9.21. The Morgan fingerprint density at radius 3 is 2.48 bits per heavy atom. The highest BCUT2D eigenvalue weighted by molar-refractivity contribution is 5.95. The summed E-state index contributed by atoms with van der Waals surface area (Å²) >= 11 is 0. The van der Waals surface area contributed by atoms with E-state index in [1.807, 2.05) is 6.92 Å². The molecular weight excluding hydrogens is 325 g/mol. The molecule has 0 unspecified atom stereocenters. The van der Waals surface area contributed by atoms with Gasteiger partial charge in [0.2, 0.25) is 11.8 Å². The Morgan fingerprint density at radius 2 is 1.80 bits per heavy atom. The van der Waals surface area contributed by atoms with E-state index in [2.05, 4.69) is 23.1 Å². The van der Waals surface area contributed by atoms with Gasteiger partial charge in [0, 0.05) is 24.4 Å². The average molecular weight is 351 g/mol. The molecule has 0 aromatic heterocycles. The van der Waals surface area contributed by atoms with Gasteiger partial charge >= 0.3 is 0 Å². The number of hydrogen-bond acceptors (Lipinski definition) is 3. The van der Waals surface area contributed by atoms with Crippen LogP contribution in [0.5, 0.6) is 0 Å². The summed E-state index contributed by atoms with van der Waals surface area (Å²) in [6.07, 6.45) is 4.23. The number of rotatable bonds is 9. The number of carbonyl (C=O) groups is 3. The van der Waals surface area contributed by atoms with E-state index >= 15 is 0 Å². The van der Waals surface area contributed by atoms with Crippen LogP contribution in [0.3, 0.4) is 0 Å². The topological polar surface area (TPSA) is 87.3 Å². The van der Waals surface area contributed by atoms with Gasteiger partial charge in [-0.15, -0.1) is 0 Å². The number of hydrogen-bond donors (Lipinski definition) is 3. The monoisotopic (exact) mass is 351 g/mol. The van der Waals surface area contributed by atoms with Crippen molar-refractivity contribution in [3.8, 4) is 0 Å². The van der Waals surface area contributed by atoms with Gasteiger partial charge in [-0.1, -0.05) is 32.3 Å². The third-order valence-corrected chi connectivity index (χ3v) is 3.63. The van der Waals surface area contributed by atoms with Crippen molar-refractivity contribution >= 4 is 17.7 Å². The van der Waals surface area contributed by atoms with Gasteiger partial charge in [-0.25, -0.2) is 4.39 Å². The zero-order valence-corrected chi connectivity index (χ0v) is 14.7. The summed E-state index contributed by atoms with van der Waals surface area (Å²) in [5, 5.41) is 2.84. The highest BCUT2D eigenvalue weighted by Crippen LogP contribution is 2.04. The van der Waals surface area contributed by atoms with Crippen LogP contribution in [-0.2, 0) is 9.59 Å². The van der Waals surface area contributed by atoms with Crippen LogP contribution < -0.4 is 16.2 Å². The first kappa shape index (κ1) is 20.6. The van der Waals surface area contributed by atoms with Crippen molar-refractivity contribution in [2.75, 3.05) is 0 Å². The average Bonchev–Trinajstić information content (AvgIpc) is 2.58. The molecule has 0 aliphatic heterocycles. The molecule has 0 radical (unpaired) electrons. The van der Waals surface area contributed by atoms with E-state index in [1.54, 1.807) is 0 Å². The van der Waals surface area contributed by atoms with E-state index in [-0.39, 0.29) is 30.4 Å². The van der Waals surface area contributed by atoms with Crippen molar-refractivity contribution in [1.29, 1.82) is 0 Å². The van der Waals surface area contributed by atoms with Gasteiger partial charge in [0.15, 0.2) is 0 Å². The second-order valence-electron chi connectivity index (χ2n) is 5.98. The van der Waals surface area contributed by atoms with Crippen LogP contribution in [0.4, 0.5) is 4.39 Å². The molecule has 0 spiro atoms. The van der Waals surface area contributed by atoms with Crippen LogP contribution in [0.15, 0.2) is 24.3 Å². The van der Waals surface area contributed by atoms with E-state index in [0.29, 0.717) is 0 Å². The fraction of sp³-hybridized carbons (Fsp3) is 0.500. The second-order valence-corrected chi connectivity index (χ2v) is 5.98. The van der Waals surface area contributed by atoms with Crippen LogP contribution in [0, 0.1) is 5.82 Å². The fourth-order valence-electron chi connectivity index (χ4n) is 2.24. The maximum atomic E-state index is 13.0. The molecule has 1 rings (SSSR count). The first-order chi connectivity index (χ1) is 11.9. The molecule has 3 N–H and O–H groups in total. The van der Waals surface area contributed by atoms with Gasteiger partial charge in [-0.3, -0.25) is 25.2 Å². The second kappa shape index (κ2) is 11.2. The van der Waals surface area contributed by atoms with Gasteiger partial charge in [0.25, 0.3) is 5.91 Å². The SMILES string of the molecule is CCCCC[C@@H](C)NC(=O)CCC(=O)NNC(=O)c1cccc(F)c1. The summed E-state index contributed by atoms with van der Waals surface area (Å²) in [5.41, 5.74) is 4.49. The van der Waals surface area contributed by atoms with Crippen molar-refractivity contribution in [3.63, 3.8) is 0 Å². The van der Waals surface area contributed by atoms with Gasteiger partial charge in [-0.05, 0) is 31.5 Å². The van der Waals surface area contributed by atoms with Gasteiger partial charge < -0.3 is 5.32 Å². The first-order valence-corrected chi connectivity index (χ1v) is 8.56. The zero-order valence-electron chi connectivity index (χ0n) is 14.7. The fourth-order valence-corrected chi connectivity index (χ4v) is 2.24. The maximum Gasteiger partial charge on any atom is 0.269 e. The third kappa shape index (κ3) is 8.83. The van der Waals surface area contributed by atoms with E-state index < -0.39 is 17.6 Å². The number of amides is 3. The van der Waals surface area contributed by atoms with Crippen LogP contribution in [0.2, 0.25) is 0 Å². The van der Waals surface area contributed by atoms with Crippen LogP contribution in [0.1, 0.15) is 62.7 Å². The van der Waals surface area contributed by atoms with Crippen molar-refractivity contribution in [2.24, 2.45) is 0 Å². The molecule has 0 aliphatic rings. The molecule has 3 amide bonds. The van der Waals surface area contributed by atoms with Crippen molar-refractivity contribution in [2.45, 2.75) is 58.4 Å². The normalized spacial score (nSPS) is 11.5. The van der Waals surface area contributed by atoms with Crippen LogP contribution >= 0.6 is 0 Å². The predicted molar refractivity (Wildman–Crippen MR) is 93.0 cm³/mol. The highest BCUT2D eigenvalue weighted by Gasteiger charge is 2.11. The molecule has 0 bridgehead atoms. The minimum absolute atomic E-state index is 0.0415. The number of unbranched alkanes of at least 4 members (excludes halogenated alkanes) is 2. The summed E-state index contributed by atoms with van der Waals surface area (Å²) in [4.78, 5) is 35.2. The summed E-state index contributed by atoms with van der Waals surface area (Å²) in [6, 6.07) is 5.19. The summed E-state index contributed by atoms with van der Waals surface area (Å²) in [6.45, 7) is 4.06. The molecule has 0 heterocycles. The summed E-state index contributed by atoms with van der Waals surface area (Å²) in [5.74, 6) is -1.85. The first-order valence-electron chi connectivity index (χ1n) is 8.56. The molecule has 0 fully saturated rings. The minimum atomic E-state index is -0.623. The lowest BCUT2D eigenvalue weighted by Crippen LogP contribution is -2.42. The van der Waals surface area contributed by atoms with Crippen molar-refractivity contribution in [3.05, 3.63) is 35.6 Å². The number of halogens is 1. The molecular formula is C18H26FN3O3. The molecule has 1 atom stereocenters. The van der Waals surface area contributed by atoms with E-state index in [9.17, 15) is 18.8 Å². The lowest BCUT2D eigenvalue weighted by molar-refractivity contribution is -0.127. The number of nitrogens with one attached hydrogen (secondary N) is 3. The molecule has 0 saturated carbocycles. The van der Waals surface area contributed by atoms with Crippen molar-refractivity contribution < 1.29 is 18.8 Å². The molecule has 0 saturated heterocycles. The summed E-state index contributed by atoms with van der Waals surface area (Å²) < 4.78 is 13.0. The Bertz CT molecular complexity index is 593. The Morgan fingerprint density at radius 1 is 1.08 bits per heavy atom. The molecule has 25 heavy (non-hydrogen) atoms. The highest BCUT2D eigenvalue weighted by atomic mass is 19.1. The Labute approximate surface area is 147 Å². The number of hydrazine groups is 1. The summed E-state index contributed by atoms with van der Waals surface area (Å²) in [7, 11) is 0. The smallest absolute Gasteiger partial charge is 0.269 e. The van der Waals surface area contributed by atoms with Gasteiger partial charge in [0.05, 0.1) is 0 Å². The number of benzene rings is 1. The van der Waals surface area contributed by atoms with E-state index in [4.69, 9.17) is 0 Å². The maximum absolute atomic E-state index is 13.0. The lowest BCUT2D eigenvalue weighted by atomic mass is 10.1. The van der Waals surface area contributed by atoms with E-state index in [0.717, 1.165) is 31.7 Å². The standard InChI is InChI=1S/C18H26FN3O3/c1-3-4-5-7-13(2)20-16(23)10-11-17(24)21-22-18(25)14-8-6-9-15(19)12-14/h6,8-9,12-13H,3-5,7,10-11H2,1-2H3,(H,20,23)(H,21,24)(H,22,25)/t13-/m1/s1. The van der Waals surface area contributed by atoms with E-state index in [1.165, 1.54) is 18.2 Å². The third-order valence-electron chi connectivity index (χ3n) is 3.63. The van der Waals surface area contributed by atoms with Crippen LogP contribution in [0.25, 0.3) is 0 Å². The lowest BCUT2D eigenvalue weighted by Gasteiger charge is -2.13. The van der Waals surface area contributed by atoms with Gasteiger partial charge in [-0.2, -0.15) is 0 Å². The molecule has 7 heteroatoms. The Hall–Kier alpha value is -2.44. The Balaban J connectivity index is 2.23. The zero-order chi connectivity index (χ0) is 18.7. The van der Waals surface area contributed by atoms with Crippen LogP contribution in [-0.4, -0.2) is 23.8 Å². The molecule has 138 valence electrons. The van der Waals surface area contributed by atoms with Gasteiger partial charge in [0.1, 0.15) is 5.82 Å². The molecule has 1 aromatic carbocycles. The number of carbonyl (C=O) groups excluding carboxylic acids is 3. The predicted octanol–water partition coefficient (Wildman–Crippen LogP) is 2.45. The molecule has 0 aliphatic carbocycles. The largest absolute Gasteiger partial charge is 0.354 e. The molecule has 1 aromatic rings. The quantitative estimate of drug-likeness (QED) is 0.472. The minimum Gasteiger partial charge on any atom is -0.354 e.